The van der Waals surface area contributed by atoms with E-state index in [2.05, 4.69) is 33.0 Å². The molecule has 0 spiro atoms. The monoisotopic (exact) mass is 199 g/mol. The molecule has 1 heterocycles. The number of rotatable bonds is 4. The van der Waals surface area contributed by atoms with Crippen LogP contribution in [0.15, 0.2) is 0 Å². The van der Waals surface area contributed by atoms with Crippen molar-refractivity contribution in [2.45, 2.75) is 58.6 Å². The van der Waals surface area contributed by atoms with Gasteiger partial charge >= 0.3 is 0 Å². The lowest BCUT2D eigenvalue weighted by Crippen LogP contribution is -2.49. The van der Waals surface area contributed by atoms with Crippen LogP contribution >= 0.6 is 0 Å². The summed E-state index contributed by atoms with van der Waals surface area (Å²) in [6.45, 7) is 11.0. The maximum Gasteiger partial charge on any atom is 0.0717 e. The van der Waals surface area contributed by atoms with Gasteiger partial charge < -0.3 is 10.1 Å². The molecule has 0 saturated carbocycles. The highest BCUT2D eigenvalue weighted by Gasteiger charge is 2.38. The van der Waals surface area contributed by atoms with Gasteiger partial charge in [-0.2, -0.15) is 0 Å². The second kappa shape index (κ2) is 5.13. The van der Waals surface area contributed by atoms with Gasteiger partial charge in [0.1, 0.15) is 0 Å². The lowest BCUT2D eigenvalue weighted by Gasteiger charge is -2.43. The Balaban J connectivity index is 2.59. The molecule has 2 atom stereocenters. The molecule has 1 saturated heterocycles. The van der Waals surface area contributed by atoms with Crippen molar-refractivity contribution in [3.05, 3.63) is 0 Å². The van der Waals surface area contributed by atoms with Crippen LogP contribution < -0.4 is 5.32 Å². The summed E-state index contributed by atoms with van der Waals surface area (Å²) in [6.07, 6.45) is 3.48. The first-order valence-electron chi connectivity index (χ1n) is 6.02. The summed E-state index contributed by atoms with van der Waals surface area (Å²) in [5.74, 6) is 0.619. The highest BCUT2D eigenvalue weighted by molar-refractivity contribution is 4.91. The van der Waals surface area contributed by atoms with E-state index in [1.165, 1.54) is 12.8 Å². The molecule has 0 radical (unpaired) electrons. The zero-order valence-electron chi connectivity index (χ0n) is 10.1. The Bertz CT molecular complexity index is 168. The van der Waals surface area contributed by atoms with Gasteiger partial charge in [0.2, 0.25) is 0 Å². The summed E-state index contributed by atoms with van der Waals surface area (Å²) in [5.41, 5.74) is 0.130. The largest absolute Gasteiger partial charge is 0.375 e. The van der Waals surface area contributed by atoms with E-state index in [1.54, 1.807) is 0 Å². The quantitative estimate of drug-likeness (QED) is 0.751. The van der Waals surface area contributed by atoms with Gasteiger partial charge in [-0.05, 0) is 31.7 Å². The molecule has 2 heteroatoms. The normalized spacial score (nSPS) is 33.6. The van der Waals surface area contributed by atoms with Gasteiger partial charge in [0.05, 0.1) is 5.60 Å². The first-order chi connectivity index (χ1) is 6.64. The second-order valence-corrected chi connectivity index (χ2v) is 4.67. The molecule has 2 unspecified atom stereocenters. The molecule has 14 heavy (non-hydrogen) atoms. The van der Waals surface area contributed by atoms with Gasteiger partial charge in [0, 0.05) is 12.6 Å². The molecule has 2 nitrogen and oxygen atoms in total. The van der Waals surface area contributed by atoms with E-state index in [0.717, 1.165) is 19.6 Å². The Labute approximate surface area is 88.4 Å². The Hall–Kier alpha value is -0.0800. The van der Waals surface area contributed by atoms with E-state index in [1.807, 2.05) is 0 Å². The summed E-state index contributed by atoms with van der Waals surface area (Å²) in [6, 6.07) is 0.663. The minimum Gasteiger partial charge on any atom is -0.375 e. The highest BCUT2D eigenvalue weighted by Crippen LogP contribution is 2.34. The first-order valence-corrected chi connectivity index (χ1v) is 6.02. The lowest BCUT2D eigenvalue weighted by molar-refractivity contribution is -0.119. The van der Waals surface area contributed by atoms with Crippen LogP contribution in [0.5, 0.6) is 0 Å². The molecule has 0 aromatic carbocycles. The molecule has 0 aromatic heterocycles. The van der Waals surface area contributed by atoms with Crippen LogP contribution in [-0.2, 0) is 4.74 Å². The fraction of sp³-hybridized carbons (Fsp3) is 1.00. The van der Waals surface area contributed by atoms with Crippen LogP contribution in [0.25, 0.3) is 0 Å². The molecular weight excluding hydrogens is 174 g/mol. The lowest BCUT2D eigenvalue weighted by atomic mass is 9.79. The molecule has 84 valence electrons. The van der Waals surface area contributed by atoms with Gasteiger partial charge in [0.15, 0.2) is 0 Å². The van der Waals surface area contributed by atoms with Crippen molar-refractivity contribution in [1.29, 1.82) is 0 Å². The topological polar surface area (TPSA) is 21.3 Å². The summed E-state index contributed by atoms with van der Waals surface area (Å²) < 4.78 is 6.01. The van der Waals surface area contributed by atoms with Crippen LogP contribution in [0.4, 0.5) is 0 Å². The molecular formula is C12H25NO. The van der Waals surface area contributed by atoms with Gasteiger partial charge in [0.25, 0.3) is 0 Å². The number of hydrogen-bond acceptors (Lipinski definition) is 2. The third kappa shape index (κ3) is 2.48. The predicted octanol–water partition coefficient (Wildman–Crippen LogP) is 2.58. The van der Waals surface area contributed by atoms with Crippen molar-refractivity contribution in [3.63, 3.8) is 0 Å². The number of ether oxygens (including phenoxy) is 1. The minimum absolute atomic E-state index is 0.130. The number of hydrogen-bond donors (Lipinski definition) is 1. The van der Waals surface area contributed by atoms with E-state index in [4.69, 9.17) is 4.74 Å². The van der Waals surface area contributed by atoms with Crippen LogP contribution in [-0.4, -0.2) is 24.8 Å². The van der Waals surface area contributed by atoms with Crippen LogP contribution in [0, 0.1) is 5.92 Å². The van der Waals surface area contributed by atoms with E-state index in [9.17, 15) is 0 Å². The third-order valence-corrected chi connectivity index (χ3v) is 3.59. The smallest absolute Gasteiger partial charge is 0.0717 e. The van der Waals surface area contributed by atoms with E-state index in [-0.39, 0.29) is 5.60 Å². The third-order valence-electron chi connectivity index (χ3n) is 3.59. The van der Waals surface area contributed by atoms with Crippen molar-refractivity contribution < 1.29 is 4.74 Å². The van der Waals surface area contributed by atoms with Crippen molar-refractivity contribution in [2.24, 2.45) is 5.92 Å². The fourth-order valence-corrected chi connectivity index (χ4v) is 2.50. The molecule has 0 bridgehead atoms. The Morgan fingerprint density at radius 1 is 1.43 bits per heavy atom. The average molecular weight is 199 g/mol. The standard InChI is InChI=1S/C12H25NO/c1-5-12(10(3)4)9-11(13-6-2)7-8-14-12/h10-11,13H,5-9H2,1-4H3. The Kier molecular flexibility index (Phi) is 4.39. The molecule has 1 aliphatic rings. The summed E-state index contributed by atoms with van der Waals surface area (Å²) >= 11 is 0. The minimum atomic E-state index is 0.130. The molecule has 1 rings (SSSR count). The Morgan fingerprint density at radius 3 is 2.64 bits per heavy atom. The predicted molar refractivity (Wildman–Crippen MR) is 60.5 cm³/mol. The molecule has 1 N–H and O–H groups in total. The SMILES string of the molecule is CCNC1CCOC(CC)(C(C)C)C1. The van der Waals surface area contributed by atoms with Crippen molar-refractivity contribution in [2.75, 3.05) is 13.2 Å². The van der Waals surface area contributed by atoms with Crippen LogP contribution in [0.3, 0.4) is 0 Å². The van der Waals surface area contributed by atoms with E-state index >= 15 is 0 Å². The molecule has 0 aromatic rings. The summed E-state index contributed by atoms with van der Waals surface area (Å²) in [7, 11) is 0. The highest BCUT2D eigenvalue weighted by atomic mass is 16.5. The first kappa shape index (κ1) is 12.0. The molecule has 1 fully saturated rings. The van der Waals surface area contributed by atoms with Crippen molar-refractivity contribution in [1.82, 2.24) is 5.32 Å². The summed E-state index contributed by atoms with van der Waals surface area (Å²) in [4.78, 5) is 0. The molecule has 0 amide bonds. The van der Waals surface area contributed by atoms with E-state index < -0.39 is 0 Å². The average Bonchev–Trinajstić information content (AvgIpc) is 2.18. The Morgan fingerprint density at radius 2 is 2.14 bits per heavy atom. The maximum absolute atomic E-state index is 6.01. The van der Waals surface area contributed by atoms with Crippen molar-refractivity contribution in [3.8, 4) is 0 Å². The van der Waals surface area contributed by atoms with Gasteiger partial charge in [-0.1, -0.05) is 27.7 Å². The zero-order valence-corrected chi connectivity index (χ0v) is 10.1. The molecule has 1 aliphatic heterocycles. The fourth-order valence-electron chi connectivity index (χ4n) is 2.50. The van der Waals surface area contributed by atoms with Gasteiger partial charge in [-0.3, -0.25) is 0 Å². The van der Waals surface area contributed by atoms with Crippen molar-refractivity contribution >= 4 is 0 Å². The summed E-state index contributed by atoms with van der Waals surface area (Å²) in [5, 5.41) is 3.55. The maximum atomic E-state index is 6.01. The van der Waals surface area contributed by atoms with Gasteiger partial charge in [-0.15, -0.1) is 0 Å². The van der Waals surface area contributed by atoms with Crippen LogP contribution in [0.1, 0.15) is 47.0 Å². The van der Waals surface area contributed by atoms with E-state index in [0.29, 0.717) is 12.0 Å². The number of nitrogens with one attached hydrogen (secondary N) is 1. The van der Waals surface area contributed by atoms with Crippen LogP contribution in [0.2, 0.25) is 0 Å². The zero-order chi connectivity index (χ0) is 10.6. The van der Waals surface area contributed by atoms with Gasteiger partial charge in [-0.25, -0.2) is 0 Å². The second-order valence-electron chi connectivity index (χ2n) is 4.67. The molecule has 0 aliphatic carbocycles.